The van der Waals surface area contributed by atoms with Crippen LogP contribution in [0.5, 0.6) is 0 Å². The molecule has 2 N–H and O–H groups in total. The van der Waals surface area contributed by atoms with Crippen molar-refractivity contribution in [3.05, 3.63) is 12.7 Å². The van der Waals surface area contributed by atoms with E-state index in [0.717, 1.165) is 5.75 Å². The first-order valence-electron chi connectivity index (χ1n) is 6.59. The largest absolute Gasteiger partial charge is 0.394 e. The Labute approximate surface area is 131 Å². The maximum Gasteiger partial charge on any atom is 0.166 e. The van der Waals surface area contributed by atoms with Gasteiger partial charge in [0, 0.05) is 0 Å². The summed E-state index contributed by atoms with van der Waals surface area (Å²) in [5.74, 6) is 0.833. The molecular weight excluding hydrogens is 312 g/mol. The van der Waals surface area contributed by atoms with Crippen LogP contribution in [0.2, 0.25) is 0 Å². The minimum atomic E-state index is -0.736. The fourth-order valence-electron chi connectivity index (χ4n) is 2.49. The van der Waals surface area contributed by atoms with Gasteiger partial charge in [0.2, 0.25) is 0 Å². The van der Waals surface area contributed by atoms with Crippen LogP contribution in [-0.2, 0) is 4.74 Å². The molecule has 9 heteroatoms. The van der Waals surface area contributed by atoms with Crippen LogP contribution in [0, 0.1) is 0 Å². The molecule has 1 aliphatic rings. The van der Waals surface area contributed by atoms with Crippen LogP contribution in [0.25, 0.3) is 11.2 Å². The third-order valence-electron chi connectivity index (χ3n) is 3.47. The first-order chi connectivity index (χ1) is 10.2. The first-order valence-corrected chi connectivity index (χ1v) is 8.09. The smallest absolute Gasteiger partial charge is 0.166 e. The van der Waals surface area contributed by atoms with E-state index in [9.17, 15) is 10.2 Å². The molecule has 21 heavy (non-hydrogen) atoms. The maximum absolute atomic E-state index is 10.3. The van der Waals surface area contributed by atoms with Crippen molar-refractivity contribution in [2.24, 2.45) is 0 Å². The number of imidazole rings is 1. The topological polar surface area (TPSA) is 93.3 Å². The second-order valence-electron chi connectivity index (χ2n) is 4.68. The zero-order chi connectivity index (χ0) is 15.0. The van der Waals surface area contributed by atoms with Crippen LogP contribution in [0.1, 0.15) is 13.2 Å². The van der Waals surface area contributed by atoms with Gasteiger partial charge in [0.05, 0.1) is 24.3 Å². The van der Waals surface area contributed by atoms with Gasteiger partial charge in [-0.3, -0.25) is 4.57 Å². The van der Waals surface area contributed by atoms with Crippen molar-refractivity contribution >= 4 is 35.6 Å². The number of aromatic nitrogens is 4. The number of hydrogen-bond acceptors (Lipinski definition) is 8. The summed E-state index contributed by atoms with van der Waals surface area (Å²) in [6, 6.07) is 0. The van der Waals surface area contributed by atoms with Gasteiger partial charge in [-0.15, -0.1) is 12.6 Å². The molecule has 7 nitrogen and oxygen atoms in total. The number of fused-ring (bicyclic) bond motifs is 1. The van der Waals surface area contributed by atoms with Crippen molar-refractivity contribution in [1.29, 1.82) is 0 Å². The van der Waals surface area contributed by atoms with Gasteiger partial charge >= 0.3 is 0 Å². The lowest BCUT2D eigenvalue weighted by molar-refractivity contribution is -0.0430. The molecule has 1 saturated heterocycles. The van der Waals surface area contributed by atoms with E-state index >= 15 is 0 Å². The number of nitrogens with zero attached hydrogens (tertiary/aromatic N) is 4. The fourth-order valence-corrected chi connectivity index (χ4v) is 3.82. The lowest BCUT2D eigenvalue weighted by atomic mass is 10.2. The summed E-state index contributed by atoms with van der Waals surface area (Å²) < 4.78 is 7.56. The fraction of sp³-hybridized carbons (Fsp3) is 0.583. The third-order valence-corrected chi connectivity index (χ3v) is 5.02. The molecular formula is C12H16N4O3S2. The molecule has 0 saturated carbocycles. The highest BCUT2D eigenvalue weighted by molar-refractivity contribution is 7.99. The number of rotatable bonds is 4. The van der Waals surface area contributed by atoms with Gasteiger partial charge in [-0.05, 0) is 5.75 Å². The Morgan fingerprint density at radius 1 is 1.43 bits per heavy atom. The first kappa shape index (κ1) is 15.0. The zero-order valence-corrected chi connectivity index (χ0v) is 13.0. The highest BCUT2D eigenvalue weighted by Gasteiger charge is 2.44. The minimum Gasteiger partial charge on any atom is -0.394 e. The average molecular weight is 328 g/mol. The zero-order valence-electron chi connectivity index (χ0n) is 11.3. The number of hydrogen-bond donors (Lipinski definition) is 3. The van der Waals surface area contributed by atoms with Crippen molar-refractivity contribution in [3.63, 3.8) is 0 Å². The van der Waals surface area contributed by atoms with E-state index in [4.69, 9.17) is 4.74 Å². The Balaban J connectivity index is 2.02. The van der Waals surface area contributed by atoms with E-state index in [2.05, 4.69) is 27.6 Å². The van der Waals surface area contributed by atoms with Gasteiger partial charge in [-0.1, -0.05) is 6.92 Å². The maximum atomic E-state index is 10.3. The van der Waals surface area contributed by atoms with Gasteiger partial charge in [-0.2, -0.15) is 11.8 Å². The molecule has 3 rings (SSSR count). The van der Waals surface area contributed by atoms with Gasteiger partial charge < -0.3 is 14.9 Å². The lowest BCUT2D eigenvalue weighted by Crippen LogP contribution is -2.31. The van der Waals surface area contributed by atoms with Crippen LogP contribution in [0.3, 0.4) is 0 Å². The normalized spacial score (nSPS) is 29.3. The van der Waals surface area contributed by atoms with Crippen molar-refractivity contribution in [2.45, 2.75) is 35.6 Å². The van der Waals surface area contributed by atoms with Crippen molar-refractivity contribution in [3.8, 4) is 0 Å². The highest BCUT2D eigenvalue weighted by Crippen LogP contribution is 2.38. The van der Waals surface area contributed by atoms with Gasteiger partial charge in [-0.25, -0.2) is 15.0 Å². The van der Waals surface area contributed by atoms with E-state index in [1.165, 1.54) is 6.33 Å². The van der Waals surface area contributed by atoms with E-state index in [0.29, 0.717) is 16.2 Å². The molecule has 3 heterocycles. The van der Waals surface area contributed by atoms with Gasteiger partial charge in [0.15, 0.2) is 11.9 Å². The van der Waals surface area contributed by atoms with Crippen molar-refractivity contribution < 1.29 is 14.9 Å². The summed E-state index contributed by atoms with van der Waals surface area (Å²) in [7, 11) is 0. The molecule has 1 aliphatic heterocycles. The SMILES string of the molecule is CCSC1C(O)C(CO)OC1n1cnc2c(S)ncnc21. The summed E-state index contributed by atoms with van der Waals surface area (Å²) in [6.45, 7) is 1.79. The Kier molecular flexibility index (Phi) is 4.36. The minimum absolute atomic E-state index is 0.192. The number of thiol groups is 1. The molecule has 4 atom stereocenters. The van der Waals surface area contributed by atoms with E-state index in [1.54, 1.807) is 22.7 Å². The lowest BCUT2D eigenvalue weighted by Gasteiger charge is -2.20. The predicted molar refractivity (Wildman–Crippen MR) is 81.5 cm³/mol. The summed E-state index contributed by atoms with van der Waals surface area (Å²) in [6.07, 6.45) is 1.25. The van der Waals surface area contributed by atoms with Crippen molar-refractivity contribution in [1.82, 2.24) is 19.5 Å². The Hall–Kier alpha value is -0.870. The van der Waals surface area contributed by atoms with E-state index < -0.39 is 18.4 Å². The molecule has 2 aromatic rings. The summed E-state index contributed by atoms with van der Waals surface area (Å²) in [4.78, 5) is 12.5. The summed E-state index contributed by atoms with van der Waals surface area (Å²) in [5.41, 5.74) is 1.19. The molecule has 114 valence electrons. The second kappa shape index (κ2) is 6.09. The van der Waals surface area contributed by atoms with Crippen LogP contribution in [0.15, 0.2) is 17.7 Å². The summed E-state index contributed by atoms with van der Waals surface area (Å²) >= 11 is 5.85. The van der Waals surface area contributed by atoms with E-state index in [-0.39, 0.29) is 11.9 Å². The van der Waals surface area contributed by atoms with Crippen LogP contribution in [0.4, 0.5) is 0 Å². The van der Waals surface area contributed by atoms with Crippen LogP contribution >= 0.6 is 24.4 Å². The van der Waals surface area contributed by atoms with Gasteiger partial charge in [0.25, 0.3) is 0 Å². The Bertz CT molecular complexity index is 638. The third kappa shape index (κ3) is 2.53. The van der Waals surface area contributed by atoms with Crippen LogP contribution < -0.4 is 0 Å². The molecule has 4 unspecified atom stereocenters. The highest BCUT2D eigenvalue weighted by atomic mass is 32.2. The second-order valence-corrected chi connectivity index (χ2v) is 6.56. The molecule has 0 amide bonds. The number of aliphatic hydroxyl groups is 2. The van der Waals surface area contributed by atoms with E-state index in [1.807, 2.05) is 6.92 Å². The number of aliphatic hydroxyl groups excluding tert-OH is 2. The molecule has 0 radical (unpaired) electrons. The molecule has 0 bridgehead atoms. The van der Waals surface area contributed by atoms with Crippen LogP contribution in [-0.4, -0.2) is 59.5 Å². The predicted octanol–water partition coefficient (Wildman–Crippen LogP) is 0.487. The monoisotopic (exact) mass is 328 g/mol. The quantitative estimate of drug-likeness (QED) is 0.555. The molecule has 0 aromatic carbocycles. The van der Waals surface area contributed by atoms with Gasteiger partial charge in [0.1, 0.15) is 23.0 Å². The molecule has 2 aromatic heterocycles. The average Bonchev–Trinajstić information content (AvgIpc) is 3.03. The molecule has 0 spiro atoms. The molecule has 0 aliphatic carbocycles. The molecule has 1 fully saturated rings. The standard InChI is InChI=1S/C12H16N4O3S2/c1-2-21-9-8(18)6(3-17)19-12(9)16-5-15-7-10(16)13-4-14-11(7)20/h4-6,8-9,12,17-18H,2-3H2,1H3,(H,13,14,20). The van der Waals surface area contributed by atoms with Crippen molar-refractivity contribution in [2.75, 3.05) is 12.4 Å². The Morgan fingerprint density at radius 2 is 2.24 bits per heavy atom. The number of thioether (sulfide) groups is 1. The number of ether oxygens (including phenoxy) is 1. The summed E-state index contributed by atoms with van der Waals surface area (Å²) in [5, 5.41) is 19.9. The Morgan fingerprint density at radius 3 is 2.95 bits per heavy atom.